The van der Waals surface area contributed by atoms with Gasteiger partial charge < -0.3 is 9.47 Å². The third-order valence-electron chi connectivity index (χ3n) is 4.51. The lowest BCUT2D eigenvalue weighted by atomic mass is 10.2. The van der Waals surface area contributed by atoms with Crippen molar-refractivity contribution < 1.29 is 9.47 Å². The Morgan fingerprint density at radius 3 is 2.59 bits per heavy atom. The highest BCUT2D eigenvalue weighted by atomic mass is 79.9. The summed E-state index contributed by atoms with van der Waals surface area (Å²) in [7, 11) is 1.61. The van der Waals surface area contributed by atoms with E-state index in [1.165, 1.54) is 11.3 Å². The van der Waals surface area contributed by atoms with Crippen LogP contribution in [0.4, 0.5) is 5.13 Å². The van der Waals surface area contributed by atoms with E-state index in [9.17, 15) is 0 Å². The second-order valence-corrected chi connectivity index (χ2v) is 8.95. The fraction of sp³-hybridized carbons (Fsp3) is 0.0833. The molecular weight excluding hydrogens is 510 g/mol. The minimum atomic E-state index is 0.424. The van der Waals surface area contributed by atoms with Crippen LogP contribution >= 0.6 is 38.9 Å². The average molecular weight is 529 g/mol. The molecular formula is C24H19BrClN3O2S. The molecule has 0 amide bonds. The van der Waals surface area contributed by atoms with Gasteiger partial charge in [-0.25, -0.2) is 4.98 Å². The molecule has 0 spiro atoms. The third kappa shape index (κ3) is 5.88. The average Bonchev–Trinajstić information content (AvgIpc) is 3.28. The number of aromatic nitrogens is 1. The Morgan fingerprint density at radius 1 is 1.06 bits per heavy atom. The molecule has 32 heavy (non-hydrogen) atoms. The van der Waals surface area contributed by atoms with Crippen LogP contribution < -0.4 is 14.9 Å². The van der Waals surface area contributed by atoms with Gasteiger partial charge in [-0.15, -0.1) is 11.3 Å². The number of halogens is 2. The SMILES string of the molecule is COc1cc(C=NNc2nc(-c3ccc(Br)cc3)cs2)ccc1OCc1ccc(Cl)cc1. The maximum atomic E-state index is 5.93. The second-order valence-electron chi connectivity index (χ2n) is 6.74. The summed E-state index contributed by atoms with van der Waals surface area (Å²) in [5, 5.41) is 7.71. The predicted molar refractivity (Wildman–Crippen MR) is 135 cm³/mol. The van der Waals surface area contributed by atoms with E-state index in [1.807, 2.05) is 72.1 Å². The Kier molecular flexibility index (Phi) is 7.42. The summed E-state index contributed by atoms with van der Waals surface area (Å²) < 4.78 is 12.4. The Labute approximate surface area is 203 Å². The smallest absolute Gasteiger partial charge is 0.203 e. The van der Waals surface area contributed by atoms with Crippen molar-refractivity contribution in [2.45, 2.75) is 6.61 Å². The van der Waals surface area contributed by atoms with Gasteiger partial charge in [-0.3, -0.25) is 5.43 Å². The maximum Gasteiger partial charge on any atom is 0.203 e. The van der Waals surface area contributed by atoms with E-state index in [2.05, 4.69) is 31.4 Å². The topological polar surface area (TPSA) is 55.7 Å². The van der Waals surface area contributed by atoms with Crippen molar-refractivity contribution in [1.82, 2.24) is 4.98 Å². The molecule has 0 atom stereocenters. The summed E-state index contributed by atoms with van der Waals surface area (Å²) in [6, 6.07) is 21.2. The zero-order chi connectivity index (χ0) is 22.3. The largest absolute Gasteiger partial charge is 0.493 e. The monoisotopic (exact) mass is 527 g/mol. The molecule has 0 saturated heterocycles. The molecule has 0 bridgehead atoms. The van der Waals surface area contributed by atoms with Crippen molar-refractivity contribution in [3.05, 3.63) is 92.7 Å². The normalized spacial score (nSPS) is 11.0. The number of hydrazone groups is 1. The number of nitrogens with zero attached hydrogens (tertiary/aromatic N) is 2. The van der Waals surface area contributed by atoms with Crippen molar-refractivity contribution in [1.29, 1.82) is 0 Å². The van der Waals surface area contributed by atoms with Crippen LogP contribution in [0.1, 0.15) is 11.1 Å². The molecule has 0 saturated carbocycles. The van der Waals surface area contributed by atoms with Gasteiger partial charge in [0.25, 0.3) is 0 Å². The highest BCUT2D eigenvalue weighted by Crippen LogP contribution is 2.29. The molecule has 0 aliphatic rings. The summed E-state index contributed by atoms with van der Waals surface area (Å²) in [6.45, 7) is 0.424. The van der Waals surface area contributed by atoms with Crippen LogP contribution in [0.2, 0.25) is 5.02 Å². The summed E-state index contributed by atoms with van der Waals surface area (Å²) in [6.07, 6.45) is 1.71. The molecule has 0 aliphatic carbocycles. The fourth-order valence-corrected chi connectivity index (χ4v) is 3.92. The molecule has 4 aromatic rings. The first-order chi connectivity index (χ1) is 15.6. The van der Waals surface area contributed by atoms with Gasteiger partial charge in [0, 0.05) is 20.4 Å². The van der Waals surface area contributed by atoms with Crippen molar-refractivity contribution in [3.63, 3.8) is 0 Å². The fourth-order valence-electron chi connectivity index (χ4n) is 2.87. The predicted octanol–water partition coefficient (Wildman–Crippen LogP) is 7.26. The number of anilines is 1. The van der Waals surface area contributed by atoms with Crippen LogP contribution in [0.3, 0.4) is 0 Å². The van der Waals surface area contributed by atoms with E-state index >= 15 is 0 Å². The first-order valence-corrected chi connectivity index (χ1v) is 11.7. The van der Waals surface area contributed by atoms with Gasteiger partial charge >= 0.3 is 0 Å². The molecule has 8 heteroatoms. The summed E-state index contributed by atoms with van der Waals surface area (Å²) in [5.74, 6) is 1.29. The zero-order valence-electron chi connectivity index (χ0n) is 17.1. The van der Waals surface area contributed by atoms with E-state index in [1.54, 1.807) is 13.3 Å². The molecule has 1 N–H and O–H groups in total. The van der Waals surface area contributed by atoms with Gasteiger partial charge in [0.1, 0.15) is 6.61 Å². The lowest BCUT2D eigenvalue weighted by molar-refractivity contribution is 0.284. The van der Waals surface area contributed by atoms with Gasteiger partial charge in [-0.05, 0) is 53.6 Å². The van der Waals surface area contributed by atoms with E-state index in [0.717, 1.165) is 26.9 Å². The van der Waals surface area contributed by atoms with Crippen LogP contribution in [-0.2, 0) is 6.61 Å². The second kappa shape index (κ2) is 10.6. The molecule has 1 aromatic heterocycles. The molecule has 1 heterocycles. The number of methoxy groups -OCH3 is 1. The van der Waals surface area contributed by atoms with Gasteiger partial charge in [0.15, 0.2) is 11.5 Å². The Morgan fingerprint density at radius 2 is 1.84 bits per heavy atom. The number of hydrogen-bond acceptors (Lipinski definition) is 6. The Bertz CT molecular complexity index is 1210. The van der Waals surface area contributed by atoms with Crippen molar-refractivity contribution >= 4 is 50.2 Å². The molecule has 5 nitrogen and oxygen atoms in total. The molecule has 0 unspecified atom stereocenters. The first-order valence-electron chi connectivity index (χ1n) is 9.66. The third-order valence-corrected chi connectivity index (χ3v) is 6.04. The molecule has 4 rings (SSSR count). The maximum absolute atomic E-state index is 5.93. The van der Waals surface area contributed by atoms with Crippen LogP contribution in [0, 0.1) is 0 Å². The van der Waals surface area contributed by atoms with Crippen molar-refractivity contribution in [2.24, 2.45) is 5.10 Å². The van der Waals surface area contributed by atoms with Crippen LogP contribution in [-0.4, -0.2) is 18.3 Å². The molecule has 162 valence electrons. The highest BCUT2D eigenvalue weighted by molar-refractivity contribution is 9.10. The molecule has 0 aliphatic heterocycles. The Hall–Kier alpha value is -2.87. The van der Waals surface area contributed by atoms with Crippen molar-refractivity contribution in [2.75, 3.05) is 12.5 Å². The quantitative estimate of drug-likeness (QED) is 0.193. The summed E-state index contributed by atoms with van der Waals surface area (Å²) in [5.41, 5.74) is 6.84. The standard InChI is InChI=1S/C24H19BrClN3O2S/c1-30-23-12-17(4-11-22(23)31-14-16-2-9-20(26)10-3-16)13-27-29-24-28-21(15-32-24)18-5-7-19(25)8-6-18/h2-13,15H,14H2,1H3,(H,28,29). The number of thiazole rings is 1. The number of rotatable bonds is 8. The van der Waals surface area contributed by atoms with E-state index in [-0.39, 0.29) is 0 Å². The van der Waals surface area contributed by atoms with E-state index in [4.69, 9.17) is 21.1 Å². The highest BCUT2D eigenvalue weighted by Gasteiger charge is 2.07. The van der Waals surface area contributed by atoms with Crippen molar-refractivity contribution in [3.8, 4) is 22.8 Å². The number of hydrogen-bond donors (Lipinski definition) is 1. The van der Waals surface area contributed by atoms with Gasteiger partial charge in [-0.2, -0.15) is 5.10 Å². The number of nitrogens with one attached hydrogen (secondary N) is 1. The minimum Gasteiger partial charge on any atom is -0.493 e. The van der Waals surface area contributed by atoms with Gasteiger partial charge in [0.2, 0.25) is 5.13 Å². The first kappa shape index (κ1) is 22.3. The van der Waals surface area contributed by atoms with E-state index < -0.39 is 0 Å². The minimum absolute atomic E-state index is 0.424. The van der Waals surface area contributed by atoms with E-state index in [0.29, 0.717) is 28.3 Å². The van der Waals surface area contributed by atoms with Crippen LogP contribution in [0.25, 0.3) is 11.3 Å². The lowest BCUT2D eigenvalue weighted by Gasteiger charge is -2.11. The van der Waals surface area contributed by atoms with Gasteiger partial charge in [0.05, 0.1) is 19.0 Å². The summed E-state index contributed by atoms with van der Waals surface area (Å²) >= 11 is 10.9. The summed E-state index contributed by atoms with van der Waals surface area (Å²) in [4.78, 5) is 4.57. The van der Waals surface area contributed by atoms with Crippen LogP contribution in [0.15, 0.2) is 81.7 Å². The number of benzene rings is 3. The van der Waals surface area contributed by atoms with Gasteiger partial charge in [-0.1, -0.05) is 51.8 Å². The lowest BCUT2D eigenvalue weighted by Crippen LogP contribution is -1.98. The molecule has 3 aromatic carbocycles. The molecule has 0 fully saturated rings. The number of ether oxygens (including phenoxy) is 2. The Balaban J connectivity index is 1.37. The molecule has 0 radical (unpaired) electrons. The zero-order valence-corrected chi connectivity index (χ0v) is 20.2. The van der Waals surface area contributed by atoms with Crippen LogP contribution in [0.5, 0.6) is 11.5 Å².